The fourth-order valence-corrected chi connectivity index (χ4v) is 2.99. The van der Waals surface area contributed by atoms with Gasteiger partial charge in [0.25, 0.3) is 5.91 Å². The fraction of sp³-hybridized carbons (Fsp3) is 0.368. The maximum absolute atomic E-state index is 12.7. The molecule has 2 amide bonds. The molecule has 1 atom stereocenters. The van der Waals surface area contributed by atoms with Gasteiger partial charge in [-0.3, -0.25) is 9.59 Å². The molecule has 1 saturated heterocycles. The average Bonchev–Trinajstić information content (AvgIpc) is 3.33. The van der Waals surface area contributed by atoms with Gasteiger partial charge < -0.3 is 19.0 Å². The predicted molar refractivity (Wildman–Crippen MR) is 92.3 cm³/mol. The van der Waals surface area contributed by atoms with Crippen molar-refractivity contribution < 1.29 is 18.7 Å². The molecule has 0 bridgehead atoms. The molecule has 1 fully saturated rings. The number of para-hydroxylation sites is 1. The van der Waals surface area contributed by atoms with Crippen molar-refractivity contribution >= 4 is 11.8 Å². The molecule has 0 N–H and O–H groups in total. The van der Waals surface area contributed by atoms with E-state index in [9.17, 15) is 9.59 Å². The van der Waals surface area contributed by atoms with Crippen LogP contribution in [0.5, 0.6) is 5.75 Å². The van der Waals surface area contributed by atoms with E-state index in [1.165, 1.54) is 6.26 Å². The van der Waals surface area contributed by atoms with E-state index in [2.05, 4.69) is 0 Å². The Bertz CT molecular complexity index is 699. The van der Waals surface area contributed by atoms with Gasteiger partial charge in [-0.05, 0) is 37.1 Å². The quantitative estimate of drug-likeness (QED) is 0.809. The van der Waals surface area contributed by atoms with Crippen molar-refractivity contribution in [2.75, 3.05) is 26.7 Å². The summed E-state index contributed by atoms with van der Waals surface area (Å²) in [4.78, 5) is 28.4. The first-order chi connectivity index (χ1) is 12.2. The minimum Gasteiger partial charge on any atom is -0.492 e. The summed E-state index contributed by atoms with van der Waals surface area (Å²) < 4.78 is 10.8. The minimum absolute atomic E-state index is 0.0610. The van der Waals surface area contributed by atoms with Crippen LogP contribution in [-0.4, -0.2) is 54.4 Å². The van der Waals surface area contributed by atoms with Crippen LogP contribution in [0.4, 0.5) is 0 Å². The van der Waals surface area contributed by atoms with Crippen LogP contribution >= 0.6 is 0 Å². The van der Waals surface area contributed by atoms with Crippen molar-refractivity contribution in [3.63, 3.8) is 0 Å². The van der Waals surface area contributed by atoms with E-state index in [1.54, 1.807) is 29.0 Å². The summed E-state index contributed by atoms with van der Waals surface area (Å²) in [6.45, 7) is 1.45. The molecule has 1 aliphatic rings. The number of rotatable bonds is 6. The molecule has 6 heteroatoms. The van der Waals surface area contributed by atoms with Crippen LogP contribution in [-0.2, 0) is 4.79 Å². The van der Waals surface area contributed by atoms with Gasteiger partial charge in [0, 0.05) is 13.6 Å². The number of carbonyl (C=O) groups excluding carboxylic acids is 2. The zero-order valence-electron chi connectivity index (χ0n) is 14.3. The van der Waals surface area contributed by atoms with Crippen LogP contribution in [0.25, 0.3) is 0 Å². The fourth-order valence-electron chi connectivity index (χ4n) is 2.99. The monoisotopic (exact) mass is 342 g/mol. The van der Waals surface area contributed by atoms with Gasteiger partial charge in [-0.1, -0.05) is 18.2 Å². The molecule has 3 rings (SSSR count). The molecule has 132 valence electrons. The lowest BCUT2D eigenvalue weighted by atomic mass is 10.2. The number of likely N-dealkylation sites (tertiary alicyclic amines) is 1. The van der Waals surface area contributed by atoms with Crippen molar-refractivity contribution in [2.45, 2.75) is 18.9 Å². The van der Waals surface area contributed by atoms with Crippen LogP contribution in [0.1, 0.15) is 23.4 Å². The number of benzene rings is 1. The molecule has 0 aliphatic carbocycles. The summed E-state index contributed by atoms with van der Waals surface area (Å²) in [5.41, 5.74) is 0. The zero-order chi connectivity index (χ0) is 17.6. The van der Waals surface area contributed by atoms with Crippen LogP contribution in [0, 0.1) is 0 Å². The Morgan fingerprint density at radius 2 is 2.04 bits per heavy atom. The lowest BCUT2D eigenvalue weighted by Gasteiger charge is -2.27. The van der Waals surface area contributed by atoms with E-state index in [0.717, 1.165) is 12.2 Å². The predicted octanol–water partition coefficient (Wildman–Crippen LogP) is 2.42. The number of ether oxygens (including phenoxy) is 1. The zero-order valence-corrected chi connectivity index (χ0v) is 14.3. The Balaban J connectivity index is 1.54. The second-order valence-electron chi connectivity index (χ2n) is 6.06. The number of hydrogen-bond donors (Lipinski definition) is 0. The maximum atomic E-state index is 12.7. The maximum Gasteiger partial charge on any atom is 0.290 e. The Labute approximate surface area is 147 Å². The molecule has 0 radical (unpaired) electrons. The van der Waals surface area contributed by atoms with Gasteiger partial charge in [0.1, 0.15) is 18.4 Å². The molecule has 0 spiro atoms. The van der Waals surface area contributed by atoms with Crippen molar-refractivity contribution in [3.8, 4) is 5.75 Å². The van der Waals surface area contributed by atoms with Crippen molar-refractivity contribution in [1.29, 1.82) is 0 Å². The van der Waals surface area contributed by atoms with E-state index < -0.39 is 6.04 Å². The van der Waals surface area contributed by atoms with Crippen LogP contribution in [0.3, 0.4) is 0 Å². The first-order valence-corrected chi connectivity index (χ1v) is 8.44. The smallest absolute Gasteiger partial charge is 0.290 e. The molecule has 25 heavy (non-hydrogen) atoms. The van der Waals surface area contributed by atoms with Gasteiger partial charge >= 0.3 is 0 Å². The molecule has 1 unspecified atom stereocenters. The first kappa shape index (κ1) is 17.1. The molecule has 2 aromatic rings. The summed E-state index contributed by atoms with van der Waals surface area (Å²) in [7, 11) is 1.74. The lowest BCUT2D eigenvalue weighted by molar-refractivity contribution is -0.134. The molecule has 1 aromatic heterocycles. The third-order valence-corrected chi connectivity index (χ3v) is 4.35. The van der Waals surface area contributed by atoms with E-state index in [0.29, 0.717) is 26.1 Å². The number of carbonyl (C=O) groups is 2. The van der Waals surface area contributed by atoms with Gasteiger partial charge in [-0.15, -0.1) is 0 Å². The van der Waals surface area contributed by atoms with Crippen molar-refractivity contribution in [1.82, 2.24) is 9.80 Å². The highest BCUT2D eigenvalue weighted by Gasteiger charge is 2.36. The first-order valence-electron chi connectivity index (χ1n) is 8.44. The molecule has 6 nitrogen and oxygen atoms in total. The summed E-state index contributed by atoms with van der Waals surface area (Å²) in [5.74, 6) is 0.762. The Morgan fingerprint density at radius 3 is 2.76 bits per heavy atom. The van der Waals surface area contributed by atoms with Crippen LogP contribution < -0.4 is 4.74 Å². The molecule has 2 heterocycles. The second kappa shape index (κ2) is 7.88. The van der Waals surface area contributed by atoms with Gasteiger partial charge in [-0.25, -0.2) is 0 Å². The van der Waals surface area contributed by atoms with Crippen molar-refractivity contribution in [3.05, 3.63) is 54.5 Å². The summed E-state index contributed by atoms with van der Waals surface area (Å²) >= 11 is 0. The Hall–Kier alpha value is -2.76. The summed E-state index contributed by atoms with van der Waals surface area (Å²) in [6, 6.07) is 12.4. The molecular formula is C19H22N2O4. The lowest BCUT2D eigenvalue weighted by Crippen LogP contribution is -2.47. The van der Waals surface area contributed by atoms with E-state index in [4.69, 9.17) is 9.15 Å². The summed E-state index contributed by atoms with van der Waals surface area (Å²) in [6.07, 6.45) is 2.96. The van der Waals surface area contributed by atoms with Gasteiger partial charge in [0.05, 0.1) is 12.8 Å². The normalized spacial score (nSPS) is 16.7. The van der Waals surface area contributed by atoms with E-state index in [-0.39, 0.29) is 17.6 Å². The van der Waals surface area contributed by atoms with Gasteiger partial charge in [-0.2, -0.15) is 0 Å². The molecule has 1 aliphatic heterocycles. The van der Waals surface area contributed by atoms with Crippen LogP contribution in [0.15, 0.2) is 53.1 Å². The minimum atomic E-state index is -0.431. The number of hydrogen-bond acceptors (Lipinski definition) is 4. The Morgan fingerprint density at radius 1 is 1.24 bits per heavy atom. The Kier molecular flexibility index (Phi) is 5.38. The molecule has 0 saturated carbocycles. The topological polar surface area (TPSA) is 63.0 Å². The highest BCUT2D eigenvalue weighted by Crippen LogP contribution is 2.22. The summed E-state index contributed by atoms with van der Waals surface area (Å²) in [5, 5.41) is 0. The SMILES string of the molecule is CN(CCOc1ccccc1)C(=O)C1CCCN1C(=O)c1ccco1. The molecule has 1 aromatic carbocycles. The highest BCUT2D eigenvalue weighted by molar-refractivity contribution is 5.95. The third kappa shape index (κ3) is 4.02. The molecular weight excluding hydrogens is 320 g/mol. The second-order valence-corrected chi connectivity index (χ2v) is 6.06. The third-order valence-electron chi connectivity index (χ3n) is 4.35. The number of furan rings is 1. The van der Waals surface area contributed by atoms with Crippen LogP contribution in [0.2, 0.25) is 0 Å². The highest BCUT2D eigenvalue weighted by atomic mass is 16.5. The average molecular weight is 342 g/mol. The largest absolute Gasteiger partial charge is 0.492 e. The van der Waals surface area contributed by atoms with Gasteiger partial charge in [0.2, 0.25) is 5.91 Å². The van der Waals surface area contributed by atoms with Crippen molar-refractivity contribution in [2.24, 2.45) is 0 Å². The van der Waals surface area contributed by atoms with E-state index >= 15 is 0 Å². The van der Waals surface area contributed by atoms with Gasteiger partial charge in [0.15, 0.2) is 5.76 Å². The number of nitrogens with zero attached hydrogens (tertiary/aromatic N) is 2. The standard InChI is InChI=1S/C19H22N2O4/c1-20(12-14-24-15-7-3-2-4-8-15)18(22)16-9-5-11-21(16)19(23)17-10-6-13-25-17/h2-4,6-8,10,13,16H,5,9,11-12,14H2,1H3. The van der Waals surface area contributed by atoms with E-state index in [1.807, 2.05) is 30.3 Å². The number of amides is 2. The number of likely N-dealkylation sites (N-methyl/N-ethyl adjacent to an activating group) is 1.